The van der Waals surface area contributed by atoms with Crippen LogP contribution in [0, 0.1) is 5.82 Å². The van der Waals surface area contributed by atoms with Gasteiger partial charge < -0.3 is 10.5 Å². The van der Waals surface area contributed by atoms with Gasteiger partial charge in [-0.05, 0) is 42.0 Å². The van der Waals surface area contributed by atoms with Gasteiger partial charge in [-0.15, -0.1) is 0 Å². The lowest BCUT2D eigenvalue weighted by atomic mass is 10.1. The highest BCUT2D eigenvalue weighted by Crippen LogP contribution is 2.14. The molecule has 4 heteroatoms. The first kappa shape index (κ1) is 12.1. The Hall–Kier alpha value is -2.36. The van der Waals surface area contributed by atoms with Crippen molar-refractivity contribution in [1.29, 1.82) is 0 Å². The molecule has 0 unspecified atom stereocenters. The molecule has 1 amide bonds. The van der Waals surface area contributed by atoms with Crippen LogP contribution in [0.4, 0.5) is 4.39 Å². The zero-order chi connectivity index (χ0) is 13.0. The summed E-state index contributed by atoms with van der Waals surface area (Å²) >= 11 is 0. The number of halogens is 1. The van der Waals surface area contributed by atoms with E-state index in [4.69, 9.17) is 10.5 Å². The molecule has 0 atom stereocenters. The summed E-state index contributed by atoms with van der Waals surface area (Å²) in [6.45, 7) is 0.298. The number of ether oxygens (including phenoxy) is 1. The van der Waals surface area contributed by atoms with Crippen LogP contribution >= 0.6 is 0 Å². The van der Waals surface area contributed by atoms with E-state index in [1.807, 2.05) is 6.07 Å². The molecule has 0 saturated heterocycles. The molecule has 18 heavy (non-hydrogen) atoms. The second-order valence-electron chi connectivity index (χ2n) is 3.81. The smallest absolute Gasteiger partial charge is 0.248 e. The summed E-state index contributed by atoms with van der Waals surface area (Å²) in [6, 6.07) is 12.6. The first-order chi connectivity index (χ1) is 8.65. The highest BCUT2D eigenvalue weighted by Gasteiger charge is 2.02. The number of rotatable bonds is 4. The van der Waals surface area contributed by atoms with Gasteiger partial charge in [0.05, 0.1) is 0 Å². The van der Waals surface area contributed by atoms with E-state index in [0.29, 0.717) is 17.9 Å². The van der Waals surface area contributed by atoms with Crippen molar-refractivity contribution >= 4 is 5.91 Å². The molecule has 92 valence electrons. The maximum Gasteiger partial charge on any atom is 0.248 e. The van der Waals surface area contributed by atoms with Crippen molar-refractivity contribution < 1.29 is 13.9 Å². The van der Waals surface area contributed by atoms with E-state index in [2.05, 4.69) is 0 Å². The molecule has 2 aromatic rings. The van der Waals surface area contributed by atoms with Crippen LogP contribution in [0.2, 0.25) is 0 Å². The van der Waals surface area contributed by atoms with Crippen molar-refractivity contribution in [2.45, 2.75) is 6.61 Å². The third-order valence-corrected chi connectivity index (χ3v) is 2.43. The molecule has 0 radical (unpaired) electrons. The number of hydrogen-bond acceptors (Lipinski definition) is 2. The van der Waals surface area contributed by atoms with Crippen LogP contribution in [0.5, 0.6) is 5.75 Å². The molecule has 0 aromatic heterocycles. The molecule has 0 spiro atoms. The van der Waals surface area contributed by atoms with Crippen LogP contribution in [0.25, 0.3) is 0 Å². The molecular formula is C14H12FNO2. The first-order valence-corrected chi connectivity index (χ1v) is 5.42. The van der Waals surface area contributed by atoms with E-state index in [1.165, 1.54) is 12.1 Å². The number of amides is 1. The lowest BCUT2D eigenvalue weighted by Crippen LogP contribution is -2.11. The normalized spacial score (nSPS) is 10.1. The van der Waals surface area contributed by atoms with Crippen molar-refractivity contribution in [1.82, 2.24) is 0 Å². The predicted octanol–water partition coefficient (Wildman–Crippen LogP) is 2.50. The molecule has 2 rings (SSSR count). The predicted molar refractivity (Wildman–Crippen MR) is 65.7 cm³/mol. The summed E-state index contributed by atoms with van der Waals surface area (Å²) < 4.78 is 18.1. The van der Waals surface area contributed by atoms with Crippen LogP contribution < -0.4 is 10.5 Å². The van der Waals surface area contributed by atoms with Gasteiger partial charge in [0.15, 0.2) is 0 Å². The van der Waals surface area contributed by atoms with Crippen LogP contribution in [-0.2, 0) is 6.61 Å². The van der Waals surface area contributed by atoms with Crippen LogP contribution in [0.3, 0.4) is 0 Å². The van der Waals surface area contributed by atoms with E-state index < -0.39 is 5.91 Å². The average molecular weight is 245 g/mol. The van der Waals surface area contributed by atoms with Crippen LogP contribution in [0.15, 0.2) is 48.5 Å². The Bertz CT molecular complexity index is 552. The second kappa shape index (κ2) is 5.31. The molecule has 2 aromatic carbocycles. The Morgan fingerprint density at radius 1 is 1.17 bits per heavy atom. The van der Waals surface area contributed by atoms with Gasteiger partial charge in [0, 0.05) is 5.56 Å². The number of carbonyl (C=O) groups excluding carboxylic acids is 1. The van der Waals surface area contributed by atoms with E-state index >= 15 is 0 Å². The molecule has 0 fully saturated rings. The van der Waals surface area contributed by atoms with Gasteiger partial charge in [-0.1, -0.05) is 12.1 Å². The highest BCUT2D eigenvalue weighted by atomic mass is 19.1. The number of nitrogens with two attached hydrogens (primary N) is 1. The first-order valence-electron chi connectivity index (χ1n) is 5.42. The average Bonchev–Trinajstić information content (AvgIpc) is 2.38. The molecule has 2 N–H and O–H groups in total. The van der Waals surface area contributed by atoms with E-state index in [-0.39, 0.29) is 5.82 Å². The maximum atomic E-state index is 12.7. The van der Waals surface area contributed by atoms with Gasteiger partial charge in [-0.3, -0.25) is 4.79 Å². The van der Waals surface area contributed by atoms with Gasteiger partial charge in [-0.2, -0.15) is 0 Å². The Morgan fingerprint density at radius 2 is 1.89 bits per heavy atom. The molecule has 0 aliphatic rings. The largest absolute Gasteiger partial charge is 0.489 e. The lowest BCUT2D eigenvalue weighted by molar-refractivity contribution is 0.1000. The summed E-state index contributed by atoms with van der Waals surface area (Å²) in [5.74, 6) is -0.211. The zero-order valence-corrected chi connectivity index (χ0v) is 9.60. The van der Waals surface area contributed by atoms with Gasteiger partial charge in [-0.25, -0.2) is 4.39 Å². The fourth-order valence-electron chi connectivity index (χ4n) is 1.51. The van der Waals surface area contributed by atoms with Gasteiger partial charge in [0.2, 0.25) is 5.91 Å². The Kier molecular flexibility index (Phi) is 3.57. The number of primary amides is 1. The summed E-state index contributed by atoms with van der Waals surface area (Å²) in [7, 11) is 0. The monoisotopic (exact) mass is 245 g/mol. The molecule has 0 aliphatic carbocycles. The van der Waals surface area contributed by atoms with Gasteiger partial charge >= 0.3 is 0 Å². The Labute approximate surface area is 104 Å². The Balaban J connectivity index is 2.04. The molecular weight excluding hydrogens is 233 g/mol. The molecule has 0 bridgehead atoms. The minimum Gasteiger partial charge on any atom is -0.489 e. The van der Waals surface area contributed by atoms with Crippen molar-refractivity contribution in [3.05, 3.63) is 65.5 Å². The third-order valence-electron chi connectivity index (χ3n) is 2.43. The van der Waals surface area contributed by atoms with Crippen LogP contribution in [-0.4, -0.2) is 5.91 Å². The van der Waals surface area contributed by atoms with E-state index in [1.54, 1.807) is 30.3 Å². The van der Waals surface area contributed by atoms with Crippen molar-refractivity contribution in [2.75, 3.05) is 0 Å². The van der Waals surface area contributed by atoms with E-state index in [9.17, 15) is 9.18 Å². The van der Waals surface area contributed by atoms with E-state index in [0.717, 1.165) is 5.56 Å². The minimum atomic E-state index is -0.473. The van der Waals surface area contributed by atoms with Crippen molar-refractivity contribution in [3.8, 4) is 5.75 Å². The molecule has 0 aliphatic heterocycles. The zero-order valence-electron chi connectivity index (χ0n) is 9.60. The van der Waals surface area contributed by atoms with Gasteiger partial charge in [0.1, 0.15) is 18.2 Å². The maximum absolute atomic E-state index is 12.7. The number of benzene rings is 2. The topological polar surface area (TPSA) is 52.3 Å². The molecule has 0 saturated carbocycles. The minimum absolute atomic E-state index is 0.298. The van der Waals surface area contributed by atoms with Crippen LogP contribution in [0.1, 0.15) is 15.9 Å². The standard InChI is InChI=1S/C14H12FNO2/c15-12-4-6-13(7-5-12)18-9-10-2-1-3-11(8-10)14(16)17/h1-8H,9H2,(H2,16,17). The fourth-order valence-corrected chi connectivity index (χ4v) is 1.51. The SMILES string of the molecule is NC(=O)c1cccc(COc2ccc(F)cc2)c1. The van der Waals surface area contributed by atoms with Crippen molar-refractivity contribution in [2.24, 2.45) is 5.73 Å². The summed E-state index contributed by atoms with van der Waals surface area (Å²) in [4.78, 5) is 11.0. The van der Waals surface area contributed by atoms with Crippen molar-refractivity contribution in [3.63, 3.8) is 0 Å². The second-order valence-corrected chi connectivity index (χ2v) is 3.81. The Morgan fingerprint density at radius 3 is 2.56 bits per heavy atom. The third kappa shape index (κ3) is 3.07. The highest BCUT2D eigenvalue weighted by molar-refractivity contribution is 5.92. The quantitative estimate of drug-likeness (QED) is 0.899. The lowest BCUT2D eigenvalue weighted by Gasteiger charge is -2.06. The summed E-state index contributed by atoms with van der Waals surface area (Å²) in [5, 5.41) is 0. The number of carbonyl (C=O) groups is 1. The molecule has 0 heterocycles. The fraction of sp³-hybridized carbons (Fsp3) is 0.0714. The summed E-state index contributed by atoms with van der Waals surface area (Å²) in [6.07, 6.45) is 0. The number of hydrogen-bond donors (Lipinski definition) is 1. The summed E-state index contributed by atoms with van der Waals surface area (Å²) in [5.41, 5.74) is 6.45. The van der Waals surface area contributed by atoms with Gasteiger partial charge in [0.25, 0.3) is 0 Å². The molecule has 3 nitrogen and oxygen atoms in total.